The van der Waals surface area contributed by atoms with Crippen molar-refractivity contribution < 1.29 is 4.79 Å². The zero-order chi connectivity index (χ0) is 11.1. The number of hydrogen-bond donors (Lipinski definition) is 0. The lowest BCUT2D eigenvalue weighted by Crippen LogP contribution is -2.05. The molecule has 0 N–H and O–H groups in total. The van der Waals surface area contributed by atoms with Crippen LogP contribution in [0.15, 0.2) is 41.3 Å². The summed E-state index contributed by atoms with van der Waals surface area (Å²) in [5.74, 6) is 0.911. The van der Waals surface area contributed by atoms with Crippen LogP contribution >= 0.6 is 23.5 Å². The number of ketones is 1. The molecular formula is C12H14OS2. The van der Waals surface area contributed by atoms with Crippen molar-refractivity contribution in [3.8, 4) is 0 Å². The van der Waals surface area contributed by atoms with Gasteiger partial charge in [0.1, 0.15) is 0 Å². The molecule has 0 aromatic heterocycles. The Morgan fingerprint density at radius 2 is 1.93 bits per heavy atom. The standard InChI is InChI=1S/C12H14OS2/c1-14-8-11(9-15-2)12(13)10-6-4-3-5-7-10/h3-8H,9H2,1-2H3. The summed E-state index contributed by atoms with van der Waals surface area (Å²) >= 11 is 3.25. The Hall–Kier alpha value is -0.670. The summed E-state index contributed by atoms with van der Waals surface area (Å²) in [5, 5.41) is 1.94. The molecule has 3 heteroatoms. The van der Waals surface area contributed by atoms with E-state index in [9.17, 15) is 4.79 Å². The zero-order valence-corrected chi connectivity index (χ0v) is 10.5. The number of rotatable bonds is 5. The number of thioether (sulfide) groups is 2. The third kappa shape index (κ3) is 3.76. The molecule has 0 spiro atoms. The van der Waals surface area contributed by atoms with Crippen LogP contribution in [0.1, 0.15) is 10.4 Å². The normalized spacial score (nSPS) is 11.5. The Bertz CT molecular complexity index is 344. The molecule has 80 valence electrons. The van der Waals surface area contributed by atoms with Gasteiger partial charge in [0.25, 0.3) is 0 Å². The van der Waals surface area contributed by atoms with Crippen LogP contribution in [-0.4, -0.2) is 24.0 Å². The number of Topliss-reactive ketones (excluding diaryl/α,β-unsaturated/α-hetero) is 1. The molecular weight excluding hydrogens is 224 g/mol. The Balaban J connectivity index is 2.86. The number of carbonyl (C=O) groups is 1. The fourth-order valence-corrected chi connectivity index (χ4v) is 2.33. The van der Waals surface area contributed by atoms with E-state index in [1.807, 2.05) is 48.3 Å². The highest BCUT2D eigenvalue weighted by Crippen LogP contribution is 2.15. The summed E-state index contributed by atoms with van der Waals surface area (Å²) in [5.41, 5.74) is 1.65. The first kappa shape index (κ1) is 12.4. The predicted molar refractivity (Wildman–Crippen MR) is 70.8 cm³/mol. The summed E-state index contributed by atoms with van der Waals surface area (Å²) in [6.07, 6.45) is 3.98. The lowest BCUT2D eigenvalue weighted by molar-refractivity contribution is 0.103. The van der Waals surface area contributed by atoms with Gasteiger partial charge in [-0.3, -0.25) is 4.79 Å². The van der Waals surface area contributed by atoms with Crippen molar-refractivity contribution in [2.24, 2.45) is 0 Å². The molecule has 0 saturated heterocycles. The van der Waals surface area contributed by atoms with Gasteiger partial charge in [0, 0.05) is 16.9 Å². The fraction of sp³-hybridized carbons (Fsp3) is 0.250. The van der Waals surface area contributed by atoms with E-state index in [0.717, 1.165) is 16.9 Å². The molecule has 0 aliphatic carbocycles. The van der Waals surface area contributed by atoms with E-state index in [0.29, 0.717) is 0 Å². The molecule has 0 bridgehead atoms. The maximum absolute atomic E-state index is 12.0. The molecule has 1 nitrogen and oxygen atoms in total. The number of benzene rings is 1. The summed E-state index contributed by atoms with van der Waals surface area (Å²) < 4.78 is 0. The third-order valence-corrected chi connectivity index (χ3v) is 3.01. The van der Waals surface area contributed by atoms with Crippen LogP contribution in [0.25, 0.3) is 0 Å². The van der Waals surface area contributed by atoms with Gasteiger partial charge in [-0.25, -0.2) is 0 Å². The van der Waals surface area contributed by atoms with Gasteiger partial charge in [-0.05, 0) is 17.9 Å². The van der Waals surface area contributed by atoms with Gasteiger partial charge < -0.3 is 0 Å². The largest absolute Gasteiger partial charge is 0.289 e. The molecule has 0 aliphatic rings. The summed E-state index contributed by atoms with van der Waals surface area (Å²) in [7, 11) is 0. The van der Waals surface area contributed by atoms with Gasteiger partial charge in [0.05, 0.1) is 0 Å². The van der Waals surface area contributed by atoms with E-state index in [1.54, 1.807) is 23.5 Å². The molecule has 0 unspecified atom stereocenters. The van der Waals surface area contributed by atoms with Gasteiger partial charge in [-0.2, -0.15) is 11.8 Å². The van der Waals surface area contributed by atoms with Gasteiger partial charge in [0.15, 0.2) is 5.78 Å². The average Bonchev–Trinajstić information content (AvgIpc) is 2.29. The van der Waals surface area contributed by atoms with Crippen molar-refractivity contribution in [2.45, 2.75) is 0 Å². The fourth-order valence-electron chi connectivity index (χ4n) is 1.23. The van der Waals surface area contributed by atoms with Crippen LogP contribution in [0.5, 0.6) is 0 Å². The predicted octanol–water partition coefficient (Wildman–Crippen LogP) is 3.48. The third-order valence-electron chi connectivity index (χ3n) is 1.89. The SMILES string of the molecule is CSC=C(CSC)C(=O)c1ccccc1. The van der Waals surface area contributed by atoms with Crippen LogP contribution in [0, 0.1) is 0 Å². The van der Waals surface area contributed by atoms with Gasteiger partial charge in [0.2, 0.25) is 0 Å². The molecule has 0 radical (unpaired) electrons. The van der Waals surface area contributed by atoms with E-state index in [2.05, 4.69) is 0 Å². The first-order chi connectivity index (χ1) is 7.29. The van der Waals surface area contributed by atoms with Crippen LogP contribution in [-0.2, 0) is 0 Å². The Morgan fingerprint density at radius 1 is 1.27 bits per heavy atom. The quantitative estimate of drug-likeness (QED) is 0.577. The molecule has 0 aliphatic heterocycles. The first-order valence-corrected chi connectivity index (χ1v) is 7.28. The Labute approximate surface area is 99.3 Å². The van der Waals surface area contributed by atoms with Crippen LogP contribution in [0.2, 0.25) is 0 Å². The van der Waals surface area contributed by atoms with Gasteiger partial charge in [-0.1, -0.05) is 30.3 Å². The minimum Gasteiger partial charge on any atom is -0.289 e. The Kier molecular flexibility index (Phi) is 5.58. The molecule has 0 fully saturated rings. The maximum Gasteiger partial charge on any atom is 0.190 e. The summed E-state index contributed by atoms with van der Waals surface area (Å²) in [6.45, 7) is 0. The molecule has 0 saturated carbocycles. The maximum atomic E-state index is 12.0. The number of hydrogen-bond acceptors (Lipinski definition) is 3. The summed E-state index contributed by atoms with van der Waals surface area (Å²) in [4.78, 5) is 12.0. The number of carbonyl (C=O) groups excluding carboxylic acids is 1. The molecule has 1 aromatic rings. The van der Waals surface area contributed by atoms with Crippen molar-refractivity contribution >= 4 is 29.3 Å². The zero-order valence-electron chi connectivity index (χ0n) is 8.90. The van der Waals surface area contributed by atoms with Crippen molar-refractivity contribution in [1.82, 2.24) is 0 Å². The van der Waals surface area contributed by atoms with E-state index in [1.165, 1.54) is 0 Å². The molecule has 0 heterocycles. The van der Waals surface area contributed by atoms with Gasteiger partial charge >= 0.3 is 0 Å². The second kappa shape index (κ2) is 6.75. The van der Waals surface area contributed by atoms with Crippen molar-refractivity contribution in [1.29, 1.82) is 0 Å². The lowest BCUT2D eigenvalue weighted by Gasteiger charge is -2.04. The van der Waals surface area contributed by atoms with Crippen molar-refractivity contribution in [2.75, 3.05) is 18.3 Å². The lowest BCUT2D eigenvalue weighted by atomic mass is 10.1. The second-order valence-corrected chi connectivity index (χ2v) is 4.58. The van der Waals surface area contributed by atoms with E-state index >= 15 is 0 Å². The monoisotopic (exact) mass is 238 g/mol. The minimum atomic E-state index is 0.138. The molecule has 0 atom stereocenters. The van der Waals surface area contributed by atoms with E-state index in [4.69, 9.17) is 0 Å². The highest BCUT2D eigenvalue weighted by Gasteiger charge is 2.10. The minimum absolute atomic E-state index is 0.138. The molecule has 1 aromatic carbocycles. The highest BCUT2D eigenvalue weighted by molar-refractivity contribution is 8.01. The molecule has 15 heavy (non-hydrogen) atoms. The van der Waals surface area contributed by atoms with Gasteiger partial charge in [-0.15, -0.1) is 11.8 Å². The van der Waals surface area contributed by atoms with E-state index < -0.39 is 0 Å². The van der Waals surface area contributed by atoms with Crippen LogP contribution in [0.3, 0.4) is 0 Å². The van der Waals surface area contributed by atoms with E-state index in [-0.39, 0.29) is 5.78 Å². The Morgan fingerprint density at radius 3 is 2.47 bits per heavy atom. The summed E-state index contributed by atoms with van der Waals surface area (Å²) in [6, 6.07) is 9.42. The highest BCUT2D eigenvalue weighted by atomic mass is 32.2. The van der Waals surface area contributed by atoms with Crippen molar-refractivity contribution in [3.05, 3.63) is 46.9 Å². The topological polar surface area (TPSA) is 17.1 Å². The smallest absolute Gasteiger partial charge is 0.190 e. The second-order valence-electron chi connectivity index (χ2n) is 3.01. The van der Waals surface area contributed by atoms with Crippen molar-refractivity contribution in [3.63, 3.8) is 0 Å². The molecule has 1 rings (SSSR count). The molecule has 0 amide bonds. The first-order valence-electron chi connectivity index (χ1n) is 4.60. The van der Waals surface area contributed by atoms with Crippen LogP contribution < -0.4 is 0 Å². The van der Waals surface area contributed by atoms with Crippen LogP contribution in [0.4, 0.5) is 0 Å². The average molecular weight is 238 g/mol.